The largest absolute Gasteiger partial charge is 0.361 e. The van der Waals surface area contributed by atoms with E-state index in [2.05, 4.69) is 16.1 Å². The first-order valence-electron chi connectivity index (χ1n) is 10.6. The third kappa shape index (κ3) is 3.72. The number of benzene rings is 1. The molecule has 2 saturated heterocycles. The molecule has 7 heteroatoms. The molecule has 1 atom stereocenters. The van der Waals surface area contributed by atoms with E-state index in [1.165, 1.54) is 12.1 Å². The number of nitrogens with zero attached hydrogens (tertiary/aromatic N) is 4. The van der Waals surface area contributed by atoms with Gasteiger partial charge in [-0.05, 0) is 70.2 Å². The van der Waals surface area contributed by atoms with Crippen LogP contribution in [-0.4, -0.2) is 46.0 Å². The van der Waals surface area contributed by atoms with Crippen LogP contribution in [0.4, 0.5) is 4.39 Å². The van der Waals surface area contributed by atoms with Gasteiger partial charge in [-0.1, -0.05) is 11.2 Å². The summed E-state index contributed by atoms with van der Waals surface area (Å²) >= 11 is 0. The number of nitriles is 1. The van der Waals surface area contributed by atoms with Gasteiger partial charge in [0.25, 0.3) is 5.91 Å². The molecular formula is C23H27FN4O2. The Balaban J connectivity index is 1.51. The smallest absolute Gasteiger partial charge is 0.259 e. The molecule has 1 spiro atoms. The number of hydrogen-bond acceptors (Lipinski definition) is 5. The quantitative estimate of drug-likeness (QED) is 0.766. The summed E-state index contributed by atoms with van der Waals surface area (Å²) in [5.41, 5.74) is 2.52. The number of rotatable bonds is 3. The number of hydrogen-bond donors (Lipinski definition) is 0. The predicted octanol–water partition coefficient (Wildman–Crippen LogP) is 3.96. The number of aromatic nitrogens is 1. The van der Waals surface area contributed by atoms with Crippen molar-refractivity contribution in [3.63, 3.8) is 0 Å². The molecule has 0 bridgehead atoms. The minimum atomic E-state index is -0.380. The molecule has 1 amide bonds. The number of carbonyl (C=O) groups excluding carboxylic acids is 1. The number of amides is 1. The summed E-state index contributed by atoms with van der Waals surface area (Å²) in [5, 5.41) is 13.3. The van der Waals surface area contributed by atoms with Gasteiger partial charge in [-0.3, -0.25) is 9.69 Å². The second-order valence-corrected chi connectivity index (χ2v) is 8.51. The standard InChI is InChI=1S/C23H27FN4O2/c1-16-21(17(2)30-26-16)22(29)27-10-3-7-23(9-12-27)8-4-11-28(23)15-18-5-6-20(24)13-19(18)14-25/h5-6,13H,3-4,7-12,15H2,1-2H3/t23-/m1/s1. The lowest BCUT2D eigenvalue weighted by molar-refractivity contribution is 0.0736. The Labute approximate surface area is 176 Å². The van der Waals surface area contributed by atoms with Crippen molar-refractivity contribution < 1.29 is 13.7 Å². The fraction of sp³-hybridized carbons (Fsp3) is 0.522. The lowest BCUT2D eigenvalue weighted by atomic mass is 9.87. The van der Waals surface area contributed by atoms with Crippen molar-refractivity contribution in [1.82, 2.24) is 15.0 Å². The lowest BCUT2D eigenvalue weighted by Gasteiger charge is -2.38. The van der Waals surface area contributed by atoms with Crippen LogP contribution in [0.2, 0.25) is 0 Å². The maximum Gasteiger partial charge on any atom is 0.259 e. The van der Waals surface area contributed by atoms with E-state index in [1.54, 1.807) is 19.9 Å². The zero-order chi connectivity index (χ0) is 21.3. The van der Waals surface area contributed by atoms with Crippen molar-refractivity contribution in [2.75, 3.05) is 19.6 Å². The minimum absolute atomic E-state index is 0.00171. The molecule has 6 nitrogen and oxygen atoms in total. The van der Waals surface area contributed by atoms with E-state index in [0.29, 0.717) is 35.7 Å². The van der Waals surface area contributed by atoms with Crippen molar-refractivity contribution in [2.45, 2.75) is 58.0 Å². The van der Waals surface area contributed by atoms with Gasteiger partial charge in [-0.15, -0.1) is 0 Å². The SMILES string of the molecule is Cc1noc(C)c1C(=O)N1CCC[C@@]2(CCCN2Cc2ccc(F)cc2C#N)CC1. The molecule has 2 fully saturated rings. The second-order valence-electron chi connectivity index (χ2n) is 8.51. The summed E-state index contributed by atoms with van der Waals surface area (Å²) < 4.78 is 18.7. The average Bonchev–Trinajstić information content (AvgIpc) is 3.18. The van der Waals surface area contributed by atoms with Crippen molar-refractivity contribution >= 4 is 5.91 Å². The summed E-state index contributed by atoms with van der Waals surface area (Å²) in [6, 6.07) is 6.60. The van der Waals surface area contributed by atoms with Crippen LogP contribution in [0.5, 0.6) is 0 Å². The molecule has 158 valence electrons. The molecule has 30 heavy (non-hydrogen) atoms. The molecule has 2 aromatic rings. The molecule has 2 aliphatic heterocycles. The Morgan fingerprint density at radius 2 is 2.00 bits per heavy atom. The minimum Gasteiger partial charge on any atom is -0.361 e. The van der Waals surface area contributed by atoms with Gasteiger partial charge in [-0.2, -0.15) is 5.26 Å². The van der Waals surface area contributed by atoms with Crippen molar-refractivity contribution in [2.24, 2.45) is 0 Å². The van der Waals surface area contributed by atoms with E-state index >= 15 is 0 Å². The monoisotopic (exact) mass is 410 g/mol. The van der Waals surface area contributed by atoms with Crippen molar-refractivity contribution in [3.05, 3.63) is 52.2 Å². The zero-order valence-corrected chi connectivity index (χ0v) is 17.6. The fourth-order valence-corrected chi connectivity index (χ4v) is 5.13. The molecule has 1 aromatic heterocycles. The lowest BCUT2D eigenvalue weighted by Crippen LogP contribution is -2.44. The summed E-state index contributed by atoms with van der Waals surface area (Å²) in [6.07, 6.45) is 5.02. The molecule has 0 aliphatic carbocycles. The molecule has 1 aromatic carbocycles. The first-order chi connectivity index (χ1) is 14.4. The Morgan fingerprint density at radius 1 is 1.23 bits per heavy atom. The van der Waals surface area contributed by atoms with Crippen molar-refractivity contribution in [1.29, 1.82) is 5.26 Å². The van der Waals surface area contributed by atoms with Gasteiger partial charge >= 0.3 is 0 Å². The average molecular weight is 410 g/mol. The zero-order valence-electron chi connectivity index (χ0n) is 17.6. The third-order valence-corrected chi connectivity index (χ3v) is 6.75. The van der Waals surface area contributed by atoms with Gasteiger partial charge in [0, 0.05) is 25.2 Å². The van der Waals surface area contributed by atoms with E-state index in [-0.39, 0.29) is 17.3 Å². The van der Waals surface area contributed by atoms with E-state index in [0.717, 1.165) is 50.8 Å². The van der Waals surface area contributed by atoms with E-state index in [4.69, 9.17) is 4.52 Å². The Kier molecular flexibility index (Phi) is 5.61. The van der Waals surface area contributed by atoms with Crippen molar-refractivity contribution in [3.8, 4) is 6.07 Å². The Morgan fingerprint density at radius 3 is 2.70 bits per heavy atom. The van der Waals surface area contributed by atoms with Gasteiger partial charge in [0.1, 0.15) is 17.1 Å². The number of carbonyl (C=O) groups is 1. The van der Waals surface area contributed by atoms with Crippen LogP contribution in [0, 0.1) is 31.0 Å². The van der Waals surface area contributed by atoms with Gasteiger partial charge < -0.3 is 9.42 Å². The summed E-state index contributed by atoms with van der Waals surface area (Å²) in [7, 11) is 0. The van der Waals surface area contributed by atoms with E-state index in [9.17, 15) is 14.4 Å². The molecule has 0 unspecified atom stereocenters. The third-order valence-electron chi connectivity index (χ3n) is 6.75. The fourth-order valence-electron chi connectivity index (χ4n) is 5.13. The Hall–Kier alpha value is -2.72. The molecule has 0 N–H and O–H groups in total. The Bertz CT molecular complexity index is 976. The van der Waals surface area contributed by atoms with E-state index in [1.807, 2.05) is 4.90 Å². The first kappa shape index (κ1) is 20.5. The predicted molar refractivity (Wildman–Crippen MR) is 109 cm³/mol. The topological polar surface area (TPSA) is 73.4 Å². The molecular weight excluding hydrogens is 383 g/mol. The summed E-state index contributed by atoms with van der Waals surface area (Å²) in [4.78, 5) is 17.5. The van der Waals surface area contributed by atoms with Crippen LogP contribution in [0.3, 0.4) is 0 Å². The molecule has 2 aliphatic rings. The highest BCUT2D eigenvalue weighted by Gasteiger charge is 2.42. The second kappa shape index (κ2) is 8.19. The summed E-state index contributed by atoms with van der Waals surface area (Å²) in [6.45, 7) is 6.59. The van der Waals surface area contributed by atoms with Crippen LogP contribution in [0.1, 0.15) is 65.0 Å². The number of halogens is 1. The van der Waals surface area contributed by atoms with Crippen LogP contribution < -0.4 is 0 Å². The molecule has 4 rings (SSSR count). The van der Waals surface area contributed by atoms with Gasteiger partial charge in [-0.25, -0.2) is 4.39 Å². The highest BCUT2D eigenvalue weighted by Crippen LogP contribution is 2.40. The van der Waals surface area contributed by atoms with Gasteiger partial charge in [0.05, 0.1) is 17.3 Å². The number of aryl methyl sites for hydroxylation is 2. The highest BCUT2D eigenvalue weighted by atomic mass is 19.1. The van der Waals surface area contributed by atoms with E-state index < -0.39 is 0 Å². The first-order valence-corrected chi connectivity index (χ1v) is 10.6. The maximum absolute atomic E-state index is 13.5. The molecule has 0 saturated carbocycles. The summed E-state index contributed by atoms with van der Waals surface area (Å²) in [5.74, 6) is 0.187. The highest BCUT2D eigenvalue weighted by molar-refractivity contribution is 5.96. The molecule has 3 heterocycles. The van der Waals surface area contributed by atoms with Crippen LogP contribution in [0.15, 0.2) is 22.7 Å². The number of likely N-dealkylation sites (tertiary alicyclic amines) is 2. The van der Waals surface area contributed by atoms with Gasteiger partial charge in [0.2, 0.25) is 0 Å². The van der Waals surface area contributed by atoms with Gasteiger partial charge in [0.15, 0.2) is 0 Å². The normalized spacial score (nSPS) is 22.3. The maximum atomic E-state index is 13.5. The van der Waals surface area contributed by atoms with Crippen LogP contribution >= 0.6 is 0 Å². The van der Waals surface area contributed by atoms with Crippen LogP contribution in [0.25, 0.3) is 0 Å². The molecule has 0 radical (unpaired) electrons. The van der Waals surface area contributed by atoms with Crippen LogP contribution in [-0.2, 0) is 6.54 Å².